The maximum Gasteiger partial charge on any atom is 0.364 e. The number of carbonyl (C=O) groups excluding carboxylic acids is 2. The van der Waals surface area contributed by atoms with Crippen LogP contribution in [0.25, 0.3) is 0 Å². The fourth-order valence-electron chi connectivity index (χ4n) is 1.23. The van der Waals surface area contributed by atoms with Gasteiger partial charge in [0.15, 0.2) is 0 Å². The predicted octanol–water partition coefficient (Wildman–Crippen LogP) is -0.159. The molecular weight excluding hydrogens is 212 g/mol. The van der Waals surface area contributed by atoms with Gasteiger partial charge in [-0.25, -0.2) is 4.79 Å². The first-order chi connectivity index (χ1) is 7.51. The molecule has 1 amide bonds. The van der Waals surface area contributed by atoms with E-state index in [0.29, 0.717) is 6.42 Å². The Hall–Kier alpha value is -1.14. The number of carbonyl (C=O) groups is 2. The third-order valence-electron chi connectivity index (χ3n) is 1.83. The van der Waals surface area contributed by atoms with Gasteiger partial charge in [-0.3, -0.25) is 9.68 Å². The van der Waals surface area contributed by atoms with Gasteiger partial charge in [0.25, 0.3) is 0 Å². The van der Waals surface area contributed by atoms with Crippen molar-refractivity contribution in [3.8, 4) is 0 Å². The Kier molecular flexibility index (Phi) is 7.49. The summed E-state index contributed by atoms with van der Waals surface area (Å²) in [5.41, 5.74) is 0. The van der Waals surface area contributed by atoms with Gasteiger partial charge in [0.1, 0.15) is 6.04 Å². The van der Waals surface area contributed by atoms with Crippen LogP contribution in [0.3, 0.4) is 0 Å². The molecule has 0 aromatic heterocycles. The van der Waals surface area contributed by atoms with Gasteiger partial charge in [-0.2, -0.15) is 4.89 Å². The van der Waals surface area contributed by atoms with E-state index in [1.807, 2.05) is 13.8 Å². The molecular formula is C10H20N2O4. The molecule has 2 N–H and O–H groups in total. The number of amides is 1. The number of nitrogens with one attached hydrogen (secondary N) is 2. The highest BCUT2D eigenvalue weighted by Gasteiger charge is 2.23. The van der Waals surface area contributed by atoms with Crippen molar-refractivity contribution in [2.24, 2.45) is 5.92 Å². The smallest absolute Gasteiger partial charge is 0.341 e. The normalized spacial score (nSPS) is 12.3. The van der Waals surface area contributed by atoms with Gasteiger partial charge >= 0.3 is 5.97 Å². The monoisotopic (exact) mass is 232 g/mol. The van der Waals surface area contributed by atoms with Crippen molar-refractivity contribution >= 4 is 11.9 Å². The summed E-state index contributed by atoms with van der Waals surface area (Å²) in [5.74, 6) is -0.564. The standard InChI is InChI=1S/C10H20N2O4/c1-7(2)5-8(10(14)16-15-4)12-9(13)6-11-3/h7-8,11H,5-6H2,1-4H3,(H,12,13)/t8-/m0/s1. The molecule has 0 unspecified atom stereocenters. The molecule has 0 spiro atoms. The van der Waals surface area contributed by atoms with Crippen LogP contribution in [0.15, 0.2) is 0 Å². The molecule has 0 saturated heterocycles. The fraction of sp³-hybridized carbons (Fsp3) is 0.800. The molecule has 0 fully saturated rings. The van der Waals surface area contributed by atoms with Gasteiger partial charge < -0.3 is 10.6 Å². The second-order valence-corrected chi connectivity index (χ2v) is 3.85. The van der Waals surface area contributed by atoms with Gasteiger partial charge in [0.2, 0.25) is 5.91 Å². The minimum Gasteiger partial charge on any atom is -0.341 e. The van der Waals surface area contributed by atoms with Crippen LogP contribution >= 0.6 is 0 Å². The summed E-state index contributed by atoms with van der Waals surface area (Å²) in [6.45, 7) is 4.07. The molecule has 0 aromatic carbocycles. The average molecular weight is 232 g/mol. The van der Waals surface area contributed by atoms with Crippen LogP contribution in [-0.4, -0.2) is 38.6 Å². The van der Waals surface area contributed by atoms with Crippen LogP contribution in [0.1, 0.15) is 20.3 Å². The summed E-state index contributed by atoms with van der Waals surface area (Å²) in [4.78, 5) is 31.5. The molecule has 0 aromatic rings. The molecule has 0 bridgehead atoms. The van der Waals surface area contributed by atoms with E-state index in [1.54, 1.807) is 7.05 Å². The van der Waals surface area contributed by atoms with Crippen LogP contribution in [0.5, 0.6) is 0 Å². The van der Waals surface area contributed by atoms with Crippen molar-refractivity contribution < 1.29 is 19.4 Å². The molecule has 0 aliphatic heterocycles. The first kappa shape index (κ1) is 14.9. The molecule has 0 radical (unpaired) electrons. The molecule has 6 nitrogen and oxygen atoms in total. The van der Waals surface area contributed by atoms with E-state index in [0.717, 1.165) is 0 Å². The third-order valence-corrected chi connectivity index (χ3v) is 1.83. The lowest BCUT2D eigenvalue weighted by atomic mass is 10.0. The zero-order chi connectivity index (χ0) is 12.6. The lowest BCUT2D eigenvalue weighted by molar-refractivity contribution is -0.257. The van der Waals surface area contributed by atoms with Gasteiger partial charge in [0, 0.05) is 0 Å². The molecule has 0 aliphatic carbocycles. The zero-order valence-corrected chi connectivity index (χ0v) is 10.2. The SMILES string of the molecule is CNCC(=O)N[C@@H](CC(C)C)C(=O)OOC. The topological polar surface area (TPSA) is 76.7 Å². The Labute approximate surface area is 95.6 Å². The predicted molar refractivity (Wildman–Crippen MR) is 58.4 cm³/mol. The van der Waals surface area contributed by atoms with Crippen molar-refractivity contribution in [1.29, 1.82) is 0 Å². The maximum atomic E-state index is 11.4. The largest absolute Gasteiger partial charge is 0.364 e. The fourth-order valence-corrected chi connectivity index (χ4v) is 1.23. The lowest BCUT2D eigenvalue weighted by Crippen LogP contribution is -2.45. The van der Waals surface area contributed by atoms with Gasteiger partial charge in [0.05, 0.1) is 13.7 Å². The van der Waals surface area contributed by atoms with E-state index >= 15 is 0 Å². The number of rotatable bonds is 7. The molecule has 6 heteroatoms. The molecule has 94 valence electrons. The highest BCUT2D eigenvalue weighted by Crippen LogP contribution is 2.06. The molecule has 0 aliphatic rings. The number of hydrogen-bond donors (Lipinski definition) is 2. The van der Waals surface area contributed by atoms with E-state index in [9.17, 15) is 9.59 Å². The van der Waals surface area contributed by atoms with Gasteiger partial charge in [-0.05, 0) is 19.4 Å². The Morgan fingerprint density at radius 1 is 1.31 bits per heavy atom. The Balaban J connectivity index is 4.30. The van der Waals surface area contributed by atoms with Crippen LogP contribution in [0, 0.1) is 5.92 Å². The molecule has 1 atom stereocenters. The number of hydrogen-bond acceptors (Lipinski definition) is 5. The van der Waals surface area contributed by atoms with Crippen LogP contribution in [-0.2, 0) is 19.4 Å². The lowest BCUT2D eigenvalue weighted by Gasteiger charge is -2.17. The molecule has 0 heterocycles. The van der Waals surface area contributed by atoms with E-state index in [-0.39, 0.29) is 18.4 Å². The van der Waals surface area contributed by atoms with E-state index in [1.165, 1.54) is 7.11 Å². The summed E-state index contributed by atoms with van der Waals surface area (Å²) in [5, 5.41) is 5.28. The van der Waals surface area contributed by atoms with Gasteiger partial charge in [-0.15, -0.1) is 0 Å². The highest BCUT2D eigenvalue weighted by atomic mass is 17.2. The second kappa shape index (κ2) is 8.06. The van der Waals surface area contributed by atoms with E-state index < -0.39 is 12.0 Å². The van der Waals surface area contributed by atoms with Crippen LogP contribution in [0.4, 0.5) is 0 Å². The van der Waals surface area contributed by atoms with Crippen molar-refractivity contribution in [3.63, 3.8) is 0 Å². The summed E-state index contributed by atoms with van der Waals surface area (Å²) < 4.78 is 0. The molecule has 0 saturated carbocycles. The second-order valence-electron chi connectivity index (χ2n) is 3.85. The zero-order valence-electron chi connectivity index (χ0n) is 10.2. The third kappa shape index (κ3) is 6.36. The van der Waals surface area contributed by atoms with Crippen molar-refractivity contribution in [3.05, 3.63) is 0 Å². The van der Waals surface area contributed by atoms with Crippen molar-refractivity contribution in [2.45, 2.75) is 26.3 Å². The Morgan fingerprint density at radius 2 is 1.94 bits per heavy atom. The Morgan fingerprint density at radius 3 is 2.38 bits per heavy atom. The highest BCUT2D eigenvalue weighted by molar-refractivity contribution is 5.85. The van der Waals surface area contributed by atoms with Crippen LogP contribution < -0.4 is 10.6 Å². The molecule has 16 heavy (non-hydrogen) atoms. The van der Waals surface area contributed by atoms with Crippen LogP contribution in [0.2, 0.25) is 0 Å². The van der Waals surface area contributed by atoms with E-state index in [4.69, 9.17) is 0 Å². The molecule has 0 rings (SSSR count). The number of likely N-dealkylation sites (N-methyl/N-ethyl adjacent to an activating group) is 1. The van der Waals surface area contributed by atoms with E-state index in [2.05, 4.69) is 20.4 Å². The average Bonchev–Trinajstić information content (AvgIpc) is 2.16. The minimum atomic E-state index is -0.666. The minimum absolute atomic E-state index is 0.162. The summed E-state index contributed by atoms with van der Waals surface area (Å²) in [6, 6.07) is -0.666. The maximum absolute atomic E-state index is 11.4. The summed E-state index contributed by atoms with van der Waals surface area (Å²) >= 11 is 0. The van der Waals surface area contributed by atoms with Crippen molar-refractivity contribution in [2.75, 3.05) is 20.7 Å². The quantitative estimate of drug-likeness (QED) is 0.471. The summed E-state index contributed by atoms with van der Waals surface area (Å²) in [7, 11) is 2.91. The first-order valence-corrected chi connectivity index (χ1v) is 5.19. The summed E-state index contributed by atoms with van der Waals surface area (Å²) in [6.07, 6.45) is 0.512. The van der Waals surface area contributed by atoms with Crippen molar-refractivity contribution in [1.82, 2.24) is 10.6 Å². The Bertz CT molecular complexity index is 231. The van der Waals surface area contributed by atoms with Gasteiger partial charge in [-0.1, -0.05) is 13.8 Å². The first-order valence-electron chi connectivity index (χ1n) is 5.19.